The van der Waals surface area contributed by atoms with E-state index < -0.39 is 9.84 Å². The molecule has 1 atom stereocenters. The van der Waals surface area contributed by atoms with Gasteiger partial charge in [-0.05, 0) is 12.0 Å². The van der Waals surface area contributed by atoms with Gasteiger partial charge < -0.3 is 4.90 Å². The van der Waals surface area contributed by atoms with Gasteiger partial charge in [-0.1, -0.05) is 53.9 Å². The molecule has 1 fully saturated rings. The molecule has 0 saturated carbocycles. The van der Waals surface area contributed by atoms with Gasteiger partial charge in [0, 0.05) is 18.3 Å². The lowest BCUT2D eigenvalue weighted by molar-refractivity contribution is -0.130. The molecule has 24 heavy (non-hydrogen) atoms. The highest BCUT2D eigenvalue weighted by Gasteiger charge is 2.34. The zero-order chi connectivity index (χ0) is 17.0. The number of carbonyl (C=O) groups excluding carboxylic acids is 1. The predicted octanol–water partition coefficient (Wildman–Crippen LogP) is 2.04. The normalized spacial score (nSPS) is 22.3. The fourth-order valence-electron chi connectivity index (χ4n) is 2.83. The molecule has 1 amide bonds. The van der Waals surface area contributed by atoms with Crippen molar-refractivity contribution in [3.8, 4) is 0 Å². The fraction of sp³-hybridized carbons (Fsp3) is 0.500. The van der Waals surface area contributed by atoms with Gasteiger partial charge in [-0.3, -0.25) is 9.79 Å². The quantitative estimate of drug-likeness (QED) is 0.777. The van der Waals surface area contributed by atoms with Crippen molar-refractivity contribution in [3.63, 3.8) is 0 Å². The molecule has 0 aliphatic carbocycles. The number of sulfone groups is 1. The third kappa shape index (κ3) is 4.77. The smallest absolute Gasteiger partial charge is 0.233 e. The fourth-order valence-corrected chi connectivity index (χ4v) is 6.46. The molecule has 2 heterocycles. The summed E-state index contributed by atoms with van der Waals surface area (Å²) in [5.74, 6) is 1.53. The van der Waals surface area contributed by atoms with E-state index in [1.807, 2.05) is 30.3 Å². The Labute approximate surface area is 151 Å². The van der Waals surface area contributed by atoms with E-state index in [1.54, 1.807) is 16.7 Å². The second kappa shape index (κ2) is 7.93. The Balaban J connectivity index is 1.69. The molecule has 1 saturated heterocycles. The first-order valence-corrected chi connectivity index (χ1v) is 11.7. The average Bonchev–Trinajstić information content (AvgIpc) is 3.20. The second-order valence-corrected chi connectivity index (χ2v) is 10.4. The molecule has 5 nitrogen and oxygen atoms in total. The number of rotatable bonds is 5. The average molecular weight is 385 g/mol. The van der Waals surface area contributed by atoms with Gasteiger partial charge in [0.25, 0.3) is 0 Å². The maximum atomic E-state index is 12.7. The molecule has 2 aliphatic rings. The minimum absolute atomic E-state index is 0.0128. The maximum absolute atomic E-state index is 12.7. The van der Waals surface area contributed by atoms with Crippen molar-refractivity contribution in [1.82, 2.24) is 4.90 Å². The molecular formula is C16H20N2O3S3. The minimum atomic E-state index is -3.03. The van der Waals surface area contributed by atoms with Crippen LogP contribution in [0, 0.1) is 0 Å². The van der Waals surface area contributed by atoms with Gasteiger partial charge in [-0.2, -0.15) is 0 Å². The van der Waals surface area contributed by atoms with Crippen LogP contribution in [0.25, 0.3) is 0 Å². The van der Waals surface area contributed by atoms with Crippen LogP contribution >= 0.6 is 23.5 Å². The Bertz CT molecular complexity index is 719. The van der Waals surface area contributed by atoms with Gasteiger partial charge in [0.2, 0.25) is 5.91 Å². The highest BCUT2D eigenvalue weighted by Crippen LogP contribution is 2.25. The Morgan fingerprint density at radius 1 is 1.33 bits per heavy atom. The lowest BCUT2D eigenvalue weighted by Crippen LogP contribution is -2.41. The Kier molecular flexibility index (Phi) is 5.89. The topological polar surface area (TPSA) is 66.8 Å². The van der Waals surface area contributed by atoms with Crippen molar-refractivity contribution in [2.45, 2.75) is 19.0 Å². The summed E-state index contributed by atoms with van der Waals surface area (Å²) in [6, 6.07) is 9.51. The Morgan fingerprint density at radius 2 is 2.12 bits per heavy atom. The van der Waals surface area contributed by atoms with Gasteiger partial charge in [0.15, 0.2) is 9.84 Å². The first kappa shape index (κ1) is 17.8. The van der Waals surface area contributed by atoms with Crippen LogP contribution in [0.4, 0.5) is 0 Å². The van der Waals surface area contributed by atoms with Gasteiger partial charge >= 0.3 is 0 Å². The third-order valence-electron chi connectivity index (χ3n) is 4.04. The van der Waals surface area contributed by atoms with E-state index in [9.17, 15) is 13.2 Å². The second-order valence-electron chi connectivity index (χ2n) is 5.85. The number of benzene rings is 1. The SMILES string of the molecule is O=C(CSC1=NCCS1)N(Cc1ccccc1)[C@H]1CCS(=O)(=O)C1. The lowest BCUT2D eigenvalue weighted by atomic mass is 10.1. The first-order valence-electron chi connectivity index (χ1n) is 7.87. The molecule has 1 aromatic carbocycles. The summed E-state index contributed by atoms with van der Waals surface area (Å²) in [6.45, 7) is 1.27. The molecule has 2 aliphatic heterocycles. The van der Waals surface area contributed by atoms with Crippen LogP contribution in [-0.4, -0.2) is 59.2 Å². The molecule has 8 heteroatoms. The van der Waals surface area contributed by atoms with E-state index in [1.165, 1.54) is 11.8 Å². The molecule has 1 aromatic rings. The van der Waals surface area contributed by atoms with E-state index >= 15 is 0 Å². The molecule has 0 unspecified atom stereocenters. The largest absolute Gasteiger partial charge is 0.334 e. The molecule has 0 spiro atoms. The molecular weight excluding hydrogens is 364 g/mol. The summed E-state index contributed by atoms with van der Waals surface area (Å²) in [6.07, 6.45) is 0.529. The van der Waals surface area contributed by atoms with E-state index in [4.69, 9.17) is 0 Å². The molecule has 0 bridgehead atoms. The van der Waals surface area contributed by atoms with Gasteiger partial charge in [0.05, 0.1) is 23.8 Å². The summed E-state index contributed by atoms with van der Waals surface area (Å²) in [7, 11) is -3.03. The number of nitrogens with zero attached hydrogens (tertiary/aromatic N) is 2. The van der Waals surface area contributed by atoms with Crippen LogP contribution in [0.1, 0.15) is 12.0 Å². The first-order chi connectivity index (χ1) is 11.5. The number of carbonyl (C=O) groups is 1. The summed E-state index contributed by atoms with van der Waals surface area (Å²) in [5.41, 5.74) is 1.02. The molecule has 3 rings (SSSR count). The van der Waals surface area contributed by atoms with Crippen LogP contribution in [-0.2, 0) is 21.2 Å². The van der Waals surface area contributed by atoms with Crippen molar-refractivity contribution in [1.29, 1.82) is 0 Å². The third-order valence-corrected chi connectivity index (χ3v) is 8.03. The van der Waals surface area contributed by atoms with Gasteiger partial charge in [-0.15, -0.1) is 0 Å². The van der Waals surface area contributed by atoms with Crippen molar-refractivity contribution in [2.24, 2.45) is 4.99 Å². The van der Waals surface area contributed by atoms with E-state index in [0.29, 0.717) is 18.7 Å². The number of hydrogen-bond acceptors (Lipinski definition) is 6. The number of aliphatic imine (C=N–C) groups is 1. The Hall–Kier alpha value is -0.990. The van der Waals surface area contributed by atoms with Gasteiger partial charge in [0.1, 0.15) is 4.38 Å². The van der Waals surface area contributed by atoms with Crippen LogP contribution in [0.15, 0.2) is 35.3 Å². The van der Waals surface area contributed by atoms with E-state index in [2.05, 4.69) is 4.99 Å². The molecule has 0 radical (unpaired) electrons. The summed E-state index contributed by atoms with van der Waals surface area (Å²) >= 11 is 3.14. The highest BCUT2D eigenvalue weighted by molar-refractivity contribution is 8.39. The lowest BCUT2D eigenvalue weighted by Gasteiger charge is -2.28. The minimum Gasteiger partial charge on any atom is -0.334 e. The van der Waals surface area contributed by atoms with Crippen LogP contribution in [0.2, 0.25) is 0 Å². The number of hydrogen-bond donors (Lipinski definition) is 0. The van der Waals surface area contributed by atoms with E-state index in [0.717, 1.165) is 22.2 Å². The summed E-state index contributed by atoms with van der Waals surface area (Å²) < 4.78 is 24.6. The highest BCUT2D eigenvalue weighted by atomic mass is 32.2. The standard InChI is InChI=1S/C16H20N2O3S3/c19-15(11-23-16-17-7-8-22-16)18(10-13-4-2-1-3-5-13)14-6-9-24(20,21)12-14/h1-5,14H,6-12H2/t14-/m0/s1. The maximum Gasteiger partial charge on any atom is 0.233 e. The van der Waals surface area contributed by atoms with Crippen LogP contribution < -0.4 is 0 Å². The zero-order valence-electron chi connectivity index (χ0n) is 13.3. The van der Waals surface area contributed by atoms with Crippen LogP contribution in [0.3, 0.4) is 0 Å². The van der Waals surface area contributed by atoms with E-state index in [-0.39, 0.29) is 23.5 Å². The monoisotopic (exact) mass is 384 g/mol. The van der Waals surface area contributed by atoms with Crippen molar-refractivity contribution < 1.29 is 13.2 Å². The molecule has 0 N–H and O–H groups in total. The van der Waals surface area contributed by atoms with Crippen molar-refractivity contribution in [2.75, 3.05) is 29.6 Å². The Morgan fingerprint density at radius 3 is 2.75 bits per heavy atom. The number of amides is 1. The van der Waals surface area contributed by atoms with Crippen molar-refractivity contribution >= 4 is 43.6 Å². The molecule has 130 valence electrons. The predicted molar refractivity (Wildman–Crippen MR) is 101 cm³/mol. The van der Waals surface area contributed by atoms with Crippen molar-refractivity contribution in [3.05, 3.63) is 35.9 Å². The van der Waals surface area contributed by atoms with Crippen LogP contribution in [0.5, 0.6) is 0 Å². The van der Waals surface area contributed by atoms with Gasteiger partial charge in [-0.25, -0.2) is 8.42 Å². The molecule has 0 aromatic heterocycles. The zero-order valence-corrected chi connectivity index (χ0v) is 15.7. The summed E-state index contributed by atoms with van der Waals surface area (Å²) in [4.78, 5) is 18.8. The summed E-state index contributed by atoms with van der Waals surface area (Å²) in [5, 5.41) is 0. The number of thioether (sulfide) groups is 2.